The molecule has 0 spiro atoms. The minimum Gasteiger partial charge on any atom is -0.367 e. The quantitative estimate of drug-likeness (QED) is 0.477. The van der Waals surface area contributed by atoms with E-state index in [1.54, 1.807) is 0 Å². The third-order valence-corrected chi connectivity index (χ3v) is 5.77. The van der Waals surface area contributed by atoms with Crippen molar-refractivity contribution in [1.82, 2.24) is 0 Å². The molecule has 0 amide bonds. The molecule has 1 atom stereocenters. The molecule has 0 bridgehead atoms. The van der Waals surface area contributed by atoms with Crippen LogP contribution in [0.2, 0.25) is 0 Å². The van der Waals surface area contributed by atoms with Crippen molar-refractivity contribution in [3.8, 4) is 22.3 Å². The lowest BCUT2D eigenvalue weighted by Gasteiger charge is -2.18. The molecule has 1 aliphatic heterocycles. The number of aryl methyl sites for hydroxylation is 1. The van der Waals surface area contributed by atoms with Gasteiger partial charge >= 0.3 is 0 Å². The van der Waals surface area contributed by atoms with Crippen molar-refractivity contribution in [3.63, 3.8) is 0 Å². The summed E-state index contributed by atoms with van der Waals surface area (Å²) in [5.74, 6) is 0. The molecule has 0 saturated carbocycles. The van der Waals surface area contributed by atoms with E-state index in [-0.39, 0.29) is 0 Å². The maximum atomic E-state index is 2.36. The minimum absolute atomic E-state index is 0.389. The number of rotatable bonds is 3. The Balaban J connectivity index is 1.77. The number of fused-ring (bicyclic) bond motifs is 1. The van der Waals surface area contributed by atoms with Crippen molar-refractivity contribution < 1.29 is 0 Å². The lowest BCUT2D eigenvalue weighted by Crippen LogP contribution is -2.23. The molecule has 0 saturated heterocycles. The molecule has 0 N–H and O–H groups in total. The van der Waals surface area contributed by atoms with Gasteiger partial charge in [0.15, 0.2) is 0 Å². The van der Waals surface area contributed by atoms with Gasteiger partial charge in [-0.3, -0.25) is 0 Å². The summed E-state index contributed by atoms with van der Waals surface area (Å²) in [6.45, 7) is 6.46. The Labute approximate surface area is 168 Å². The second-order valence-corrected chi connectivity index (χ2v) is 7.61. The lowest BCUT2D eigenvalue weighted by atomic mass is 9.95. The average molecular weight is 366 g/mol. The van der Waals surface area contributed by atoms with E-state index >= 15 is 0 Å². The molecule has 0 fully saturated rings. The van der Waals surface area contributed by atoms with Gasteiger partial charge in [-0.15, -0.1) is 0 Å². The Bertz CT molecular complexity index is 1050. The first-order valence-corrected chi connectivity index (χ1v) is 9.96. The predicted molar refractivity (Wildman–Crippen MR) is 123 cm³/mol. The van der Waals surface area contributed by atoms with Crippen LogP contribution in [-0.2, 0) is 0 Å². The van der Waals surface area contributed by atoms with Crippen LogP contribution in [0.5, 0.6) is 0 Å². The highest BCUT2D eigenvalue weighted by molar-refractivity contribution is 5.90. The van der Waals surface area contributed by atoms with Gasteiger partial charge in [0.2, 0.25) is 0 Å². The van der Waals surface area contributed by atoms with Crippen LogP contribution >= 0.6 is 0 Å². The third-order valence-electron chi connectivity index (χ3n) is 5.77. The van der Waals surface area contributed by atoms with Crippen LogP contribution in [0.15, 0.2) is 85.0 Å². The Morgan fingerprint density at radius 1 is 0.821 bits per heavy atom. The molecule has 1 nitrogen and oxygen atoms in total. The van der Waals surface area contributed by atoms with Gasteiger partial charge in [-0.2, -0.15) is 0 Å². The second-order valence-electron chi connectivity index (χ2n) is 7.61. The summed E-state index contributed by atoms with van der Waals surface area (Å²) < 4.78 is 0. The number of hydrogen-bond donors (Lipinski definition) is 0. The highest BCUT2D eigenvalue weighted by Gasteiger charge is 2.27. The van der Waals surface area contributed by atoms with Crippen LogP contribution in [0.3, 0.4) is 0 Å². The van der Waals surface area contributed by atoms with Gasteiger partial charge in [0.25, 0.3) is 0 Å². The normalized spacial score (nSPS) is 17.5. The fourth-order valence-corrected chi connectivity index (χ4v) is 3.95. The van der Waals surface area contributed by atoms with Crippen molar-refractivity contribution >= 4 is 11.3 Å². The van der Waals surface area contributed by atoms with Crippen molar-refractivity contribution in [3.05, 3.63) is 96.1 Å². The summed E-state index contributed by atoms with van der Waals surface area (Å²) >= 11 is 0. The summed E-state index contributed by atoms with van der Waals surface area (Å²) in [6, 6.07) is 24.8. The van der Waals surface area contributed by atoms with E-state index in [0.29, 0.717) is 6.04 Å². The summed E-state index contributed by atoms with van der Waals surface area (Å²) in [7, 11) is 2.18. The highest BCUT2D eigenvalue weighted by Crippen LogP contribution is 2.41. The summed E-state index contributed by atoms with van der Waals surface area (Å²) in [5.41, 5.74) is 10.4. The Hall–Kier alpha value is -3.06. The average Bonchev–Trinajstić information content (AvgIpc) is 2.96. The minimum atomic E-state index is 0.389. The zero-order chi connectivity index (χ0) is 19.7. The number of likely N-dealkylation sites (N-methyl/N-ethyl adjacent to an activating group) is 1. The maximum absolute atomic E-state index is 2.36. The molecule has 1 heteroatoms. The molecule has 140 valence electrons. The first-order chi connectivity index (χ1) is 13.6. The largest absolute Gasteiger partial charge is 0.367 e. The molecule has 0 aromatic heterocycles. The maximum Gasteiger partial charge on any atom is 0.0517 e. The lowest BCUT2D eigenvalue weighted by molar-refractivity contribution is 0.872. The molecule has 28 heavy (non-hydrogen) atoms. The van der Waals surface area contributed by atoms with E-state index in [1.165, 1.54) is 44.6 Å². The van der Waals surface area contributed by atoms with Crippen LogP contribution in [0, 0.1) is 6.92 Å². The Morgan fingerprint density at radius 3 is 2.18 bits per heavy atom. The molecule has 0 radical (unpaired) electrons. The fraction of sp³-hybridized carbons (Fsp3) is 0.185. The van der Waals surface area contributed by atoms with Crippen LogP contribution in [0.25, 0.3) is 27.8 Å². The van der Waals surface area contributed by atoms with Gasteiger partial charge < -0.3 is 4.90 Å². The van der Waals surface area contributed by atoms with E-state index in [2.05, 4.69) is 118 Å². The van der Waals surface area contributed by atoms with E-state index < -0.39 is 0 Å². The van der Waals surface area contributed by atoms with Gasteiger partial charge in [0.1, 0.15) is 0 Å². The summed E-state index contributed by atoms with van der Waals surface area (Å²) in [6.07, 6.45) is 6.48. The molecule has 1 heterocycles. The molecular weight excluding hydrogens is 338 g/mol. The Morgan fingerprint density at radius 2 is 1.46 bits per heavy atom. The topological polar surface area (TPSA) is 3.24 Å². The molecule has 3 aromatic carbocycles. The number of allylic oxidation sites excluding steroid dienone is 3. The van der Waals surface area contributed by atoms with Crippen molar-refractivity contribution in [1.29, 1.82) is 0 Å². The molecular formula is C27H27N. The van der Waals surface area contributed by atoms with Gasteiger partial charge in [0, 0.05) is 18.3 Å². The van der Waals surface area contributed by atoms with Crippen molar-refractivity contribution in [2.24, 2.45) is 0 Å². The number of nitrogens with zero attached hydrogens (tertiary/aromatic N) is 1. The van der Waals surface area contributed by atoms with Crippen LogP contribution < -0.4 is 4.90 Å². The number of hydrogen-bond acceptors (Lipinski definition) is 1. The van der Waals surface area contributed by atoms with Gasteiger partial charge in [0.05, 0.1) is 6.04 Å². The van der Waals surface area contributed by atoms with Crippen LogP contribution in [0.4, 0.5) is 5.69 Å². The van der Waals surface area contributed by atoms with Crippen molar-refractivity contribution in [2.45, 2.75) is 26.8 Å². The number of anilines is 1. The third kappa shape index (κ3) is 3.29. The highest BCUT2D eigenvalue weighted by atomic mass is 15.2. The molecule has 1 aliphatic rings. The van der Waals surface area contributed by atoms with Crippen molar-refractivity contribution in [2.75, 3.05) is 11.9 Å². The van der Waals surface area contributed by atoms with Gasteiger partial charge in [-0.1, -0.05) is 72.3 Å². The molecule has 3 aromatic rings. The molecule has 4 rings (SSSR count). The molecule has 0 aliphatic carbocycles. The Kier molecular flexibility index (Phi) is 4.92. The van der Waals surface area contributed by atoms with Gasteiger partial charge in [-0.25, -0.2) is 0 Å². The summed E-state index contributed by atoms with van der Waals surface area (Å²) in [5, 5.41) is 0. The van der Waals surface area contributed by atoms with Crippen LogP contribution in [0.1, 0.15) is 25.0 Å². The van der Waals surface area contributed by atoms with E-state index in [4.69, 9.17) is 0 Å². The SMILES string of the molecule is C/C=C\C=C1\c2cc(-c3cccc(-c4ccc(C)cc4)c3)ccc2N(C)C1C. The zero-order valence-electron chi connectivity index (χ0n) is 17.1. The predicted octanol–water partition coefficient (Wildman–Crippen LogP) is 7.13. The van der Waals surface area contributed by atoms with E-state index in [1.807, 2.05) is 0 Å². The number of benzene rings is 3. The first kappa shape index (κ1) is 18.3. The fourth-order valence-electron chi connectivity index (χ4n) is 3.95. The van der Waals surface area contributed by atoms with E-state index in [9.17, 15) is 0 Å². The zero-order valence-corrected chi connectivity index (χ0v) is 17.1. The van der Waals surface area contributed by atoms with Gasteiger partial charge in [-0.05, 0) is 66.8 Å². The smallest absolute Gasteiger partial charge is 0.0517 e. The molecule has 1 unspecified atom stereocenters. The second kappa shape index (κ2) is 7.52. The standard InChI is InChI=1S/C27H27N/c1-5-6-10-25-20(3)28(4)27-16-15-24(18-26(25)27)23-9-7-8-22(17-23)21-13-11-19(2)12-14-21/h5-18,20H,1-4H3/b6-5-,25-10+. The summed E-state index contributed by atoms with van der Waals surface area (Å²) in [4.78, 5) is 2.36. The van der Waals surface area contributed by atoms with E-state index in [0.717, 1.165) is 0 Å². The first-order valence-electron chi connectivity index (χ1n) is 9.96. The monoisotopic (exact) mass is 365 g/mol. The van der Waals surface area contributed by atoms with Crippen LogP contribution in [-0.4, -0.2) is 13.1 Å².